The summed E-state index contributed by atoms with van der Waals surface area (Å²) in [4.78, 5) is 0. The summed E-state index contributed by atoms with van der Waals surface area (Å²) in [5, 5.41) is 0. The number of hydrogen-bond acceptors (Lipinski definition) is 1. The van der Waals surface area contributed by atoms with Crippen molar-refractivity contribution >= 4 is 0 Å². The lowest BCUT2D eigenvalue weighted by Crippen LogP contribution is -2.51. The Balaban J connectivity index is 1.51. The van der Waals surface area contributed by atoms with Crippen LogP contribution >= 0.6 is 0 Å². The summed E-state index contributed by atoms with van der Waals surface area (Å²) in [6, 6.07) is 0. The van der Waals surface area contributed by atoms with Gasteiger partial charge in [0.25, 0.3) is 0 Å². The highest BCUT2D eigenvalue weighted by molar-refractivity contribution is 5.27. The first kappa shape index (κ1) is 14.1. The van der Waals surface area contributed by atoms with Crippen molar-refractivity contribution in [3.05, 3.63) is 11.6 Å². The second-order valence-corrected chi connectivity index (χ2v) is 9.61. The maximum Gasteiger partial charge on any atom is 0.100 e. The summed E-state index contributed by atoms with van der Waals surface area (Å²) >= 11 is 0. The molecule has 0 bridgehead atoms. The minimum absolute atomic E-state index is 0.278. The van der Waals surface area contributed by atoms with E-state index in [4.69, 9.17) is 4.74 Å². The Morgan fingerprint density at radius 2 is 1.82 bits per heavy atom. The predicted octanol–water partition coefficient (Wildman–Crippen LogP) is 5.50. The zero-order valence-corrected chi connectivity index (χ0v) is 14.7. The SMILES string of the molecule is CC1O[C@@]12CC[C@H]1[C@@H]3CC=C4CCCC[C@]4(C)[C@H]3CC[C@@]12C. The molecule has 122 valence electrons. The number of epoxide rings is 1. The number of allylic oxidation sites excluding steroid dienone is 2. The molecular formula is C21H32O. The van der Waals surface area contributed by atoms with Gasteiger partial charge in [-0.1, -0.05) is 31.9 Å². The molecule has 1 heterocycles. The van der Waals surface area contributed by atoms with E-state index in [1.807, 2.05) is 5.57 Å². The molecule has 1 aliphatic heterocycles. The summed E-state index contributed by atoms with van der Waals surface area (Å²) in [5.74, 6) is 2.84. The monoisotopic (exact) mass is 300 g/mol. The fraction of sp³-hybridized carbons (Fsp3) is 0.905. The van der Waals surface area contributed by atoms with E-state index in [9.17, 15) is 0 Å². The molecule has 0 amide bonds. The van der Waals surface area contributed by atoms with Crippen LogP contribution in [0.5, 0.6) is 0 Å². The van der Waals surface area contributed by atoms with Crippen LogP contribution in [0.3, 0.4) is 0 Å². The van der Waals surface area contributed by atoms with E-state index in [-0.39, 0.29) is 5.60 Å². The third-order valence-corrected chi connectivity index (χ3v) is 9.19. The van der Waals surface area contributed by atoms with Gasteiger partial charge in [-0.2, -0.15) is 0 Å². The summed E-state index contributed by atoms with van der Waals surface area (Å²) in [6.07, 6.45) is 16.0. The van der Waals surface area contributed by atoms with Gasteiger partial charge in [0.2, 0.25) is 0 Å². The molecule has 4 fully saturated rings. The van der Waals surface area contributed by atoms with Gasteiger partial charge in [-0.15, -0.1) is 0 Å². The van der Waals surface area contributed by atoms with Gasteiger partial charge >= 0.3 is 0 Å². The lowest BCUT2D eigenvalue weighted by molar-refractivity contribution is -0.0483. The maximum atomic E-state index is 6.23. The standard InChI is InChI=1S/C21H32O/c1-14-21(22-14)13-10-18-16-8-7-15-6-4-5-11-19(15,2)17(16)9-12-20(18,21)3/h7,14,16-18H,4-6,8-13H2,1-3H3/t14?,16-,17+,18+,19+,20+,21+/m1/s1. The van der Waals surface area contributed by atoms with Gasteiger partial charge in [-0.3, -0.25) is 0 Å². The van der Waals surface area contributed by atoms with E-state index in [2.05, 4.69) is 26.8 Å². The molecule has 5 aliphatic rings. The zero-order valence-electron chi connectivity index (χ0n) is 14.7. The van der Waals surface area contributed by atoms with Gasteiger partial charge in [0.15, 0.2) is 0 Å². The first-order valence-electron chi connectivity index (χ1n) is 9.89. The lowest BCUT2D eigenvalue weighted by atomic mass is 9.47. The highest BCUT2D eigenvalue weighted by atomic mass is 16.6. The van der Waals surface area contributed by atoms with Crippen LogP contribution in [0, 0.1) is 28.6 Å². The van der Waals surface area contributed by atoms with Crippen LogP contribution in [0.4, 0.5) is 0 Å². The molecule has 1 spiro atoms. The van der Waals surface area contributed by atoms with Crippen molar-refractivity contribution in [2.24, 2.45) is 28.6 Å². The van der Waals surface area contributed by atoms with Gasteiger partial charge < -0.3 is 4.74 Å². The van der Waals surface area contributed by atoms with Crippen molar-refractivity contribution in [1.29, 1.82) is 0 Å². The third kappa shape index (κ3) is 1.46. The van der Waals surface area contributed by atoms with E-state index in [1.165, 1.54) is 57.8 Å². The van der Waals surface area contributed by atoms with Crippen molar-refractivity contribution in [3.63, 3.8) is 0 Å². The molecule has 0 aromatic carbocycles. The van der Waals surface area contributed by atoms with Crippen LogP contribution in [0.1, 0.15) is 78.6 Å². The Hall–Kier alpha value is -0.300. The minimum Gasteiger partial charge on any atom is -0.366 e. The summed E-state index contributed by atoms with van der Waals surface area (Å²) in [6.45, 7) is 7.53. The predicted molar refractivity (Wildman–Crippen MR) is 89.6 cm³/mol. The Morgan fingerprint density at radius 1 is 1.05 bits per heavy atom. The molecule has 0 aromatic rings. The van der Waals surface area contributed by atoms with Crippen molar-refractivity contribution in [2.75, 3.05) is 0 Å². The van der Waals surface area contributed by atoms with E-state index in [0.717, 1.165) is 17.8 Å². The van der Waals surface area contributed by atoms with Crippen molar-refractivity contribution in [3.8, 4) is 0 Å². The molecule has 1 unspecified atom stereocenters. The normalized spacial score (nSPS) is 59.5. The smallest absolute Gasteiger partial charge is 0.100 e. The van der Waals surface area contributed by atoms with E-state index in [1.54, 1.807) is 0 Å². The summed E-state index contributed by atoms with van der Waals surface area (Å²) < 4.78 is 6.23. The van der Waals surface area contributed by atoms with Crippen molar-refractivity contribution in [2.45, 2.75) is 90.3 Å². The lowest BCUT2D eigenvalue weighted by Gasteiger charge is -2.57. The van der Waals surface area contributed by atoms with Crippen LogP contribution < -0.4 is 0 Å². The van der Waals surface area contributed by atoms with Crippen molar-refractivity contribution < 1.29 is 4.74 Å². The second kappa shape index (κ2) is 4.21. The Morgan fingerprint density at radius 3 is 2.59 bits per heavy atom. The van der Waals surface area contributed by atoms with Crippen LogP contribution in [0.2, 0.25) is 0 Å². The topological polar surface area (TPSA) is 12.5 Å². The molecule has 5 rings (SSSR count). The molecule has 0 radical (unpaired) electrons. The molecule has 1 saturated heterocycles. The largest absolute Gasteiger partial charge is 0.366 e. The molecule has 3 saturated carbocycles. The fourth-order valence-electron chi connectivity index (χ4n) is 7.87. The Kier molecular flexibility index (Phi) is 2.69. The zero-order chi connectivity index (χ0) is 15.2. The molecular weight excluding hydrogens is 268 g/mol. The first-order valence-corrected chi connectivity index (χ1v) is 9.89. The van der Waals surface area contributed by atoms with E-state index in [0.29, 0.717) is 16.9 Å². The molecule has 7 atom stereocenters. The van der Waals surface area contributed by atoms with Crippen LogP contribution in [-0.4, -0.2) is 11.7 Å². The number of fused-ring (bicyclic) bond motifs is 6. The maximum absolute atomic E-state index is 6.23. The quantitative estimate of drug-likeness (QED) is 0.425. The second-order valence-electron chi connectivity index (χ2n) is 9.61. The molecule has 4 aliphatic carbocycles. The molecule has 0 aromatic heterocycles. The minimum atomic E-state index is 0.278. The highest BCUT2D eigenvalue weighted by Gasteiger charge is 2.72. The van der Waals surface area contributed by atoms with E-state index >= 15 is 0 Å². The average molecular weight is 300 g/mol. The van der Waals surface area contributed by atoms with Crippen molar-refractivity contribution in [1.82, 2.24) is 0 Å². The molecule has 0 N–H and O–H groups in total. The van der Waals surface area contributed by atoms with Crippen LogP contribution in [0.15, 0.2) is 11.6 Å². The first-order chi connectivity index (χ1) is 10.5. The van der Waals surface area contributed by atoms with Crippen LogP contribution in [0.25, 0.3) is 0 Å². The molecule has 1 nitrogen and oxygen atoms in total. The van der Waals surface area contributed by atoms with Gasteiger partial charge in [-0.25, -0.2) is 0 Å². The summed E-state index contributed by atoms with van der Waals surface area (Å²) in [5.41, 5.74) is 3.14. The van der Waals surface area contributed by atoms with Gasteiger partial charge in [0, 0.05) is 5.41 Å². The number of ether oxygens (including phenoxy) is 1. The number of hydrogen-bond donors (Lipinski definition) is 0. The van der Waals surface area contributed by atoms with Gasteiger partial charge in [0.1, 0.15) is 5.60 Å². The van der Waals surface area contributed by atoms with Gasteiger partial charge in [0.05, 0.1) is 6.10 Å². The third-order valence-electron chi connectivity index (χ3n) is 9.19. The fourth-order valence-corrected chi connectivity index (χ4v) is 7.87. The summed E-state index contributed by atoms with van der Waals surface area (Å²) in [7, 11) is 0. The average Bonchev–Trinajstić information content (AvgIpc) is 3.07. The molecule has 1 heteroatoms. The van der Waals surface area contributed by atoms with Gasteiger partial charge in [-0.05, 0) is 81.5 Å². The van der Waals surface area contributed by atoms with E-state index < -0.39 is 0 Å². The molecule has 22 heavy (non-hydrogen) atoms. The highest BCUT2D eigenvalue weighted by Crippen LogP contribution is 2.72. The Labute approximate surface area is 135 Å². The number of rotatable bonds is 0. The Bertz CT molecular complexity index is 536. The van der Waals surface area contributed by atoms with Crippen LogP contribution in [-0.2, 0) is 4.74 Å².